The second-order valence-electron chi connectivity index (χ2n) is 5.36. The van der Waals surface area contributed by atoms with Crippen molar-refractivity contribution in [1.29, 1.82) is 0 Å². The maximum absolute atomic E-state index is 12.8. The van der Waals surface area contributed by atoms with E-state index in [1.807, 2.05) is 0 Å². The van der Waals surface area contributed by atoms with Gasteiger partial charge in [-0.05, 0) is 38.3 Å². The summed E-state index contributed by atoms with van der Waals surface area (Å²) >= 11 is 0. The number of aliphatic hydroxyl groups excluding tert-OH is 1. The Balaban J connectivity index is 2.32. The molecule has 0 unspecified atom stereocenters. The lowest BCUT2D eigenvalue weighted by Crippen LogP contribution is -2.44. The highest BCUT2D eigenvalue weighted by atomic mass is 32.2. The molecule has 0 aliphatic heterocycles. The first-order valence-corrected chi connectivity index (χ1v) is 8.64. The quantitative estimate of drug-likeness (QED) is 0.779. The molecule has 0 saturated heterocycles. The van der Waals surface area contributed by atoms with Crippen LogP contribution >= 0.6 is 0 Å². The molecule has 0 spiro atoms. The highest BCUT2D eigenvalue weighted by Gasteiger charge is 2.34. The Morgan fingerprint density at radius 2 is 2.10 bits per heavy atom. The SMILES string of the molecule is CC(=O)c1cccc(S(=O)(=O)N(CCCO)C2CCC2)c1. The fourth-order valence-corrected chi connectivity index (χ4v) is 4.18. The van der Waals surface area contributed by atoms with Crippen molar-refractivity contribution < 1.29 is 18.3 Å². The summed E-state index contributed by atoms with van der Waals surface area (Å²) in [5, 5.41) is 8.97. The molecule has 0 radical (unpaired) electrons. The average molecular weight is 311 g/mol. The number of rotatable bonds is 7. The van der Waals surface area contributed by atoms with Crippen LogP contribution in [0.4, 0.5) is 0 Å². The molecular weight excluding hydrogens is 290 g/mol. The molecule has 1 aromatic rings. The highest BCUT2D eigenvalue weighted by molar-refractivity contribution is 7.89. The third-order valence-corrected chi connectivity index (χ3v) is 5.81. The molecule has 5 nitrogen and oxygen atoms in total. The van der Waals surface area contributed by atoms with Gasteiger partial charge in [0.25, 0.3) is 0 Å². The van der Waals surface area contributed by atoms with Gasteiger partial charge in [-0.2, -0.15) is 4.31 Å². The lowest BCUT2D eigenvalue weighted by atomic mass is 9.93. The third kappa shape index (κ3) is 3.51. The van der Waals surface area contributed by atoms with Gasteiger partial charge in [0.1, 0.15) is 0 Å². The molecule has 0 atom stereocenters. The molecule has 1 saturated carbocycles. The van der Waals surface area contributed by atoms with E-state index < -0.39 is 10.0 Å². The molecule has 0 aromatic heterocycles. The van der Waals surface area contributed by atoms with Gasteiger partial charge in [-0.25, -0.2) is 8.42 Å². The molecule has 21 heavy (non-hydrogen) atoms. The van der Waals surface area contributed by atoms with Crippen LogP contribution in [-0.2, 0) is 10.0 Å². The second kappa shape index (κ2) is 6.68. The standard InChI is InChI=1S/C15H21NO4S/c1-12(18)13-5-2-8-15(11-13)21(19,20)16(9-4-10-17)14-6-3-7-14/h2,5,8,11,14,17H,3-4,6-7,9-10H2,1H3. The Labute approximate surface area is 125 Å². The summed E-state index contributed by atoms with van der Waals surface area (Å²) in [5.74, 6) is -0.155. The average Bonchev–Trinajstić information content (AvgIpc) is 2.41. The van der Waals surface area contributed by atoms with Gasteiger partial charge >= 0.3 is 0 Å². The second-order valence-corrected chi connectivity index (χ2v) is 7.25. The van der Waals surface area contributed by atoms with Crippen LogP contribution in [0.3, 0.4) is 0 Å². The predicted octanol–water partition coefficient (Wildman–Crippen LogP) is 1.81. The zero-order valence-electron chi connectivity index (χ0n) is 12.2. The summed E-state index contributed by atoms with van der Waals surface area (Å²) < 4.78 is 27.0. The Hall–Kier alpha value is -1.24. The third-order valence-electron chi connectivity index (χ3n) is 3.87. The first-order valence-electron chi connectivity index (χ1n) is 7.20. The molecule has 116 valence electrons. The van der Waals surface area contributed by atoms with Crippen molar-refractivity contribution in [2.45, 2.75) is 43.5 Å². The molecule has 0 heterocycles. The van der Waals surface area contributed by atoms with E-state index in [9.17, 15) is 13.2 Å². The van der Waals surface area contributed by atoms with Crippen molar-refractivity contribution in [2.24, 2.45) is 0 Å². The number of hydrogen-bond donors (Lipinski definition) is 1. The van der Waals surface area contributed by atoms with Crippen LogP contribution in [0, 0.1) is 0 Å². The number of Topliss-reactive ketones (excluding diaryl/α,β-unsaturated/α-hetero) is 1. The van der Waals surface area contributed by atoms with E-state index in [1.165, 1.54) is 23.4 Å². The lowest BCUT2D eigenvalue weighted by molar-refractivity contribution is 0.101. The first-order chi connectivity index (χ1) is 9.96. The number of hydrogen-bond acceptors (Lipinski definition) is 4. The van der Waals surface area contributed by atoms with Gasteiger partial charge in [0.2, 0.25) is 10.0 Å². The van der Waals surface area contributed by atoms with Crippen LogP contribution in [0.5, 0.6) is 0 Å². The molecule has 1 aromatic carbocycles. The monoisotopic (exact) mass is 311 g/mol. The Bertz CT molecular complexity index is 608. The summed E-state index contributed by atoms with van der Waals surface area (Å²) in [7, 11) is -3.62. The molecule has 1 aliphatic carbocycles. The molecule has 1 fully saturated rings. The van der Waals surface area contributed by atoms with Gasteiger partial charge in [-0.1, -0.05) is 18.6 Å². The molecule has 0 bridgehead atoms. The maximum atomic E-state index is 12.8. The van der Waals surface area contributed by atoms with Crippen molar-refractivity contribution in [3.05, 3.63) is 29.8 Å². The van der Waals surface area contributed by atoms with E-state index in [0.29, 0.717) is 18.5 Å². The largest absolute Gasteiger partial charge is 0.396 e. The maximum Gasteiger partial charge on any atom is 0.243 e. The van der Waals surface area contributed by atoms with Crippen LogP contribution in [0.1, 0.15) is 43.0 Å². The predicted molar refractivity (Wildman–Crippen MR) is 79.7 cm³/mol. The van der Waals surface area contributed by atoms with Crippen LogP contribution in [0.25, 0.3) is 0 Å². The summed E-state index contributed by atoms with van der Waals surface area (Å²) in [6, 6.07) is 6.18. The van der Waals surface area contributed by atoms with Crippen molar-refractivity contribution >= 4 is 15.8 Å². The number of carbonyl (C=O) groups excluding carboxylic acids is 1. The van der Waals surface area contributed by atoms with Crippen LogP contribution in [0.15, 0.2) is 29.2 Å². The van der Waals surface area contributed by atoms with E-state index in [2.05, 4.69) is 0 Å². The van der Waals surface area contributed by atoms with Crippen molar-refractivity contribution in [3.8, 4) is 0 Å². The Morgan fingerprint density at radius 1 is 1.38 bits per heavy atom. The van der Waals surface area contributed by atoms with Crippen LogP contribution in [0.2, 0.25) is 0 Å². The summed E-state index contributed by atoms with van der Waals surface area (Å²) in [6.45, 7) is 1.70. The Morgan fingerprint density at radius 3 is 2.62 bits per heavy atom. The van der Waals surface area contributed by atoms with E-state index in [-0.39, 0.29) is 23.3 Å². The van der Waals surface area contributed by atoms with E-state index in [4.69, 9.17) is 5.11 Å². The molecule has 2 rings (SSSR count). The van der Waals surface area contributed by atoms with Crippen molar-refractivity contribution in [3.63, 3.8) is 0 Å². The minimum Gasteiger partial charge on any atom is -0.396 e. The van der Waals surface area contributed by atoms with Crippen molar-refractivity contribution in [2.75, 3.05) is 13.2 Å². The summed E-state index contributed by atoms with van der Waals surface area (Å²) in [5.41, 5.74) is 0.395. The summed E-state index contributed by atoms with van der Waals surface area (Å²) in [6.07, 6.45) is 3.17. The topological polar surface area (TPSA) is 74.7 Å². The van der Waals surface area contributed by atoms with Gasteiger partial charge < -0.3 is 5.11 Å². The normalized spacial score (nSPS) is 16.0. The molecule has 1 aliphatic rings. The molecule has 6 heteroatoms. The van der Waals surface area contributed by atoms with Gasteiger partial charge in [0.15, 0.2) is 5.78 Å². The molecular formula is C15H21NO4S. The lowest BCUT2D eigenvalue weighted by Gasteiger charge is -2.36. The van der Waals surface area contributed by atoms with Crippen LogP contribution in [-0.4, -0.2) is 42.8 Å². The zero-order chi connectivity index (χ0) is 15.5. The first kappa shape index (κ1) is 16.1. The Kier molecular flexibility index (Phi) is 5.13. The van der Waals surface area contributed by atoms with E-state index >= 15 is 0 Å². The molecule has 1 N–H and O–H groups in total. The number of benzene rings is 1. The van der Waals surface area contributed by atoms with Crippen LogP contribution < -0.4 is 0 Å². The van der Waals surface area contributed by atoms with Gasteiger partial charge in [0.05, 0.1) is 4.90 Å². The van der Waals surface area contributed by atoms with Gasteiger partial charge in [0, 0.05) is 24.8 Å². The zero-order valence-corrected chi connectivity index (χ0v) is 13.0. The van der Waals surface area contributed by atoms with E-state index in [1.54, 1.807) is 12.1 Å². The molecule has 0 amide bonds. The number of aliphatic hydroxyl groups is 1. The number of sulfonamides is 1. The summed E-state index contributed by atoms with van der Waals surface area (Å²) in [4.78, 5) is 11.6. The number of ketones is 1. The van der Waals surface area contributed by atoms with Gasteiger partial charge in [-0.3, -0.25) is 4.79 Å². The van der Waals surface area contributed by atoms with E-state index in [0.717, 1.165) is 19.3 Å². The number of nitrogens with zero attached hydrogens (tertiary/aromatic N) is 1. The minimum absolute atomic E-state index is 0.0162. The fourth-order valence-electron chi connectivity index (χ4n) is 2.41. The van der Waals surface area contributed by atoms with Gasteiger partial charge in [-0.15, -0.1) is 0 Å². The minimum atomic E-state index is -3.62. The smallest absolute Gasteiger partial charge is 0.243 e. The number of carbonyl (C=O) groups is 1. The fraction of sp³-hybridized carbons (Fsp3) is 0.533. The highest BCUT2D eigenvalue weighted by Crippen LogP contribution is 2.30. The van der Waals surface area contributed by atoms with Crippen molar-refractivity contribution in [1.82, 2.24) is 4.31 Å².